The van der Waals surface area contributed by atoms with Gasteiger partial charge in [0.2, 0.25) is 0 Å². The zero-order valence-corrected chi connectivity index (χ0v) is 17.5. The number of benzene rings is 2. The van der Waals surface area contributed by atoms with Crippen LogP contribution in [0.2, 0.25) is 0 Å². The molecule has 1 atom stereocenters. The molecule has 0 saturated carbocycles. The van der Waals surface area contributed by atoms with Crippen molar-refractivity contribution in [2.45, 2.75) is 25.8 Å². The molecular formula is C20H24F2IN3O. The molecule has 0 amide bonds. The van der Waals surface area contributed by atoms with E-state index in [0.717, 1.165) is 30.3 Å². The second-order valence-electron chi connectivity index (χ2n) is 6.12. The number of halogens is 3. The zero-order chi connectivity index (χ0) is 18.4. The van der Waals surface area contributed by atoms with Gasteiger partial charge in [-0.1, -0.05) is 24.3 Å². The van der Waals surface area contributed by atoms with Crippen molar-refractivity contribution >= 4 is 29.9 Å². The SMILES string of the molecule is CCNC(=NCCc1ccc(F)cc1F)NC1CCOc2ccccc21.I. The third kappa shape index (κ3) is 5.79. The molecule has 0 saturated heterocycles. The summed E-state index contributed by atoms with van der Waals surface area (Å²) in [6.45, 7) is 3.77. The van der Waals surface area contributed by atoms with Gasteiger partial charge in [-0.05, 0) is 31.0 Å². The van der Waals surface area contributed by atoms with Crippen molar-refractivity contribution in [2.75, 3.05) is 19.7 Å². The number of rotatable bonds is 5. The van der Waals surface area contributed by atoms with E-state index in [2.05, 4.69) is 15.6 Å². The van der Waals surface area contributed by atoms with Crippen LogP contribution in [0.25, 0.3) is 0 Å². The molecule has 1 heterocycles. The summed E-state index contributed by atoms with van der Waals surface area (Å²) in [6.07, 6.45) is 1.25. The number of ether oxygens (including phenoxy) is 1. The van der Waals surface area contributed by atoms with Gasteiger partial charge in [0.15, 0.2) is 5.96 Å². The van der Waals surface area contributed by atoms with Crippen LogP contribution in [0.5, 0.6) is 5.75 Å². The van der Waals surface area contributed by atoms with E-state index >= 15 is 0 Å². The van der Waals surface area contributed by atoms with E-state index in [1.54, 1.807) is 0 Å². The van der Waals surface area contributed by atoms with Crippen LogP contribution in [0, 0.1) is 11.6 Å². The van der Waals surface area contributed by atoms with Crippen molar-refractivity contribution < 1.29 is 13.5 Å². The van der Waals surface area contributed by atoms with Crippen LogP contribution in [0.3, 0.4) is 0 Å². The Bertz CT molecular complexity index is 786. The van der Waals surface area contributed by atoms with Crippen molar-refractivity contribution in [1.29, 1.82) is 0 Å². The summed E-state index contributed by atoms with van der Waals surface area (Å²) in [5, 5.41) is 6.64. The smallest absolute Gasteiger partial charge is 0.191 e. The highest BCUT2D eigenvalue weighted by molar-refractivity contribution is 14.0. The fraction of sp³-hybridized carbons (Fsp3) is 0.350. The predicted octanol–water partition coefficient (Wildman–Crippen LogP) is 4.20. The fourth-order valence-corrected chi connectivity index (χ4v) is 2.99. The van der Waals surface area contributed by atoms with Crippen molar-refractivity contribution in [3.05, 3.63) is 65.2 Å². The first kappa shape index (κ1) is 21.4. The first-order valence-electron chi connectivity index (χ1n) is 8.88. The Hall–Kier alpha value is -1.90. The van der Waals surface area contributed by atoms with E-state index in [4.69, 9.17) is 4.74 Å². The minimum atomic E-state index is -0.567. The average Bonchev–Trinajstić information content (AvgIpc) is 2.64. The van der Waals surface area contributed by atoms with Crippen LogP contribution < -0.4 is 15.4 Å². The van der Waals surface area contributed by atoms with Crippen LogP contribution in [-0.2, 0) is 6.42 Å². The van der Waals surface area contributed by atoms with Crippen molar-refractivity contribution in [3.8, 4) is 5.75 Å². The summed E-state index contributed by atoms with van der Waals surface area (Å²) in [7, 11) is 0. The zero-order valence-electron chi connectivity index (χ0n) is 15.2. The standard InChI is InChI=1S/C20H23F2N3O.HI/c1-2-23-20(24-11-9-14-7-8-15(21)13-17(14)22)25-18-10-12-26-19-6-4-3-5-16(18)19;/h3-8,13,18H,2,9-12H2,1H3,(H2,23,24,25);1H. The van der Waals surface area contributed by atoms with Crippen molar-refractivity contribution in [3.63, 3.8) is 0 Å². The van der Waals surface area contributed by atoms with Crippen LogP contribution in [0.1, 0.15) is 30.5 Å². The third-order valence-corrected chi connectivity index (χ3v) is 4.28. The quantitative estimate of drug-likeness (QED) is 0.378. The average molecular weight is 487 g/mol. The van der Waals surface area contributed by atoms with E-state index in [1.807, 2.05) is 31.2 Å². The molecule has 1 aliphatic rings. The van der Waals surface area contributed by atoms with E-state index in [1.165, 1.54) is 12.1 Å². The Kier molecular flexibility index (Phi) is 8.27. The van der Waals surface area contributed by atoms with E-state index < -0.39 is 11.6 Å². The van der Waals surface area contributed by atoms with E-state index in [9.17, 15) is 8.78 Å². The van der Waals surface area contributed by atoms with Gasteiger partial charge in [0, 0.05) is 31.1 Å². The summed E-state index contributed by atoms with van der Waals surface area (Å²) in [5.74, 6) is 0.469. The maximum Gasteiger partial charge on any atom is 0.191 e. The van der Waals surface area contributed by atoms with Crippen molar-refractivity contribution in [1.82, 2.24) is 10.6 Å². The largest absolute Gasteiger partial charge is 0.493 e. The molecule has 2 aromatic rings. The maximum atomic E-state index is 13.7. The molecule has 27 heavy (non-hydrogen) atoms. The van der Waals surface area contributed by atoms with Crippen molar-refractivity contribution in [2.24, 2.45) is 4.99 Å². The third-order valence-electron chi connectivity index (χ3n) is 4.28. The number of hydrogen-bond donors (Lipinski definition) is 2. The molecule has 3 rings (SSSR count). The highest BCUT2D eigenvalue weighted by atomic mass is 127. The molecule has 0 radical (unpaired) electrons. The fourth-order valence-electron chi connectivity index (χ4n) is 2.99. The minimum absolute atomic E-state index is 0. The Labute approximate surface area is 175 Å². The summed E-state index contributed by atoms with van der Waals surface area (Å²) in [4.78, 5) is 4.53. The molecule has 0 aromatic heterocycles. The number of nitrogens with zero attached hydrogens (tertiary/aromatic N) is 1. The number of para-hydroxylation sites is 1. The summed E-state index contributed by atoms with van der Waals surface area (Å²) >= 11 is 0. The number of fused-ring (bicyclic) bond motifs is 1. The number of hydrogen-bond acceptors (Lipinski definition) is 2. The lowest BCUT2D eigenvalue weighted by atomic mass is 10.0. The normalized spacial score (nSPS) is 16.0. The van der Waals surface area contributed by atoms with E-state index in [0.29, 0.717) is 31.1 Å². The van der Waals surface area contributed by atoms with Crippen LogP contribution in [0.15, 0.2) is 47.5 Å². The molecule has 1 unspecified atom stereocenters. The highest BCUT2D eigenvalue weighted by Crippen LogP contribution is 2.31. The summed E-state index contributed by atoms with van der Waals surface area (Å²) < 4.78 is 32.4. The first-order chi connectivity index (χ1) is 12.7. The molecule has 2 aromatic carbocycles. The molecule has 0 aliphatic carbocycles. The Morgan fingerprint density at radius 3 is 2.81 bits per heavy atom. The lowest BCUT2D eigenvalue weighted by Crippen LogP contribution is -2.41. The molecule has 0 fully saturated rings. The Morgan fingerprint density at radius 1 is 1.22 bits per heavy atom. The number of aliphatic imine (C=N–C) groups is 1. The molecule has 0 spiro atoms. The van der Waals surface area contributed by atoms with Gasteiger partial charge < -0.3 is 15.4 Å². The maximum absolute atomic E-state index is 13.7. The minimum Gasteiger partial charge on any atom is -0.493 e. The molecular weight excluding hydrogens is 463 g/mol. The summed E-state index contributed by atoms with van der Waals surface area (Å²) in [6, 6.07) is 11.7. The predicted molar refractivity (Wildman–Crippen MR) is 114 cm³/mol. The van der Waals surface area contributed by atoms with Gasteiger partial charge in [-0.15, -0.1) is 24.0 Å². The second kappa shape index (κ2) is 10.4. The van der Waals surface area contributed by atoms with Gasteiger partial charge in [0.25, 0.3) is 0 Å². The van der Waals surface area contributed by atoms with Gasteiger partial charge in [-0.2, -0.15) is 0 Å². The molecule has 4 nitrogen and oxygen atoms in total. The lowest BCUT2D eigenvalue weighted by Gasteiger charge is -2.28. The van der Waals surface area contributed by atoms with Crippen LogP contribution in [-0.4, -0.2) is 25.7 Å². The van der Waals surface area contributed by atoms with Gasteiger partial charge in [0.05, 0.1) is 12.6 Å². The van der Waals surface area contributed by atoms with Crippen LogP contribution in [0.4, 0.5) is 8.78 Å². The van der Waals surface area contributed by atoms with Gasteiger partial charge in [0.1, 0.15) is 17.4 Å². The molecule has 7 heteroatoms. The second-order valence-corrected chi connectivity index (χ2v) is 6.12. The molecule has 1 aliphatic heterocycles. The van der Waals surface area contributed by atoms with Gasteiger partial charge in [-0.3, -0.25) is 4.99 Å². The topological polar surface area (TPSA) is 45.7 Å². The van der Waals surface area contributed by atoms with Gasteiger partial charge >= 0.3 is 0 Å². The Morgan fingerprint density at radius 2 is 2.04 bits per heavy atom. The molecule has 2 N–H and O–H groups in total. The summed E-state index contributed by atoms with van der Waals surface area (Å²) in [5.41, 5.74) is 1.57. The monoisotopic (exact) mass is 487 g/mol. The lowest BCUT2D eigenvalue weighted by molar-refractivity contribution is 0.261. The molecule has 0 bridgehead atoms. The van der Waals surface area contributed by atoms with Gasteiger partial charge in [-0.25, -0.2) is 8.78 Å². The highest BCUT2D eigenvalue weighted by Gasteiger charge is 2.21. The number of guanidine groups is 1. The number of nitrogens with one attached hydrogen (secondary N) is 2. The van der Waals surface area contributed by atoms with Crippen LogP contribution >= 0.6 is 24.0 Å². The first-order valence-corrected chi connectivity index (χ1v) is 8.88. The Balaban J connectivity index is 0.00000261. The van der Waals surface area contributed by atoms with E-state index in [-0.39, 0.29) is 30.0 Å². The molecule has 146 valence electrons.